The van der Waals surface area contributed by atoms with Gasteiger partial charge >= 0.3 is 0 Å². The monoisotopic (exact) mass is 649 g/mol. The van der Waals surface area contributed by atoms with Gasteiger partial charge in [0.15, 0.2) is 11.5 Å². The average molecular weight is 650 g/mol. The van der Waals surface area contributed by atoms with Crippen LogP contribution in [0.15, 0.2) is 42.5 Å². The second-order valence-corrected chi connectivity index (χ2v) is 13.5. The quantitative estimate of drug-likeness (QED) is 0.0986. The van der Waals surface area contributed by atoms with Gasteiger partial charge in [-0.05, 0) is 37.1 Å². The minimum absolute atomic E-state index is 0.220. The van der Waals surface area contributed by atoms with Crippen molar-refractivity contribution in [3.63, 3.8) is 0 Å². The fourth-order valence-electron chi connectivity index (χ4n) is 5.41. The lowest BCUT2D eigenvalue weighted by atomic mass is 9.92. The fraction of sp³-hybridized carbons (Fsp3) is 0.541. The highest BCUT2D eigenvalue weighted by Gasteiger charge is 2.25. The van der Waals surface area contributed by atoms with Crippen molar-refractivity contribution in [2.24, 2.45) is 0 Å². The number of fused-ring (bicyclic) bond motifs is 1. The smallest absolute Gasteiger partial charge is 0.255 e. The number of hydrogen-bond acceptors (Lipinski definition) is 5. The molecule has 0 bridgehead atoms. The van der Waals surface area contributed by atoms with Crippen LogP contribution in [0, 0.1) is 0 Å². The number of unbranched alkanes of at least 4 members (excludes halogenated alkanes) is 10. The summed E-state index contributed by atoms with van der Waals surface area (Å²) < 4.78 is 13.8. The maximum atomic E-state index is 13.7. The number of para-hydroxylation sites is 1. The molecule has 0 saturated heterocycles. The van der Waals surface area contributed by atoms with Crippen LogP contribution in [0.3, 0.4) is 0 Å². The number of ether oxygens (including phenoxy) is 2. The summed E-state index contributed by atoms with van der Waals surface area (Å²) in [4.78, 5) is 17.0. The van der Waals surface area contributed by atoms with E-state index in [0.29, 0.717) is 52.5 Å². The van der Waals surface area contributed by atoms with Crippen molar-refractivity contribution in [1.82, 2.24) is 19.8 Å². The van der Waals surface area contributed by atoms with Gasteiger partial charge in [-0.15, -0.1) is 9.73 Å². The number of nitrogens with one attached hydrogen (secondary N) is 2. The summed E-state index contributed by atoms with van der Waals surface area (Å²) in [6, 6.07) is 13.0. The molecule has 2 aromatic heterocycles. The van der Waals surface area contributed by atoms with E-state index in [1.54, 1.807) is 12.1 Å². The molecular formula is C37H52ClN5O3. The van der Waals surface area contributed by atoms with Crippen LogP contribution in [0.5, 0.6) is 11.5 Å². The molecule has 4 aromatic rings. The average Bonchev–Trinajstić information content (AvgIpc) is 3.59. The number of benzene rings is 2. The van der Waals surface area contributed by atoms with E-state index in [-0.39, 0.29) is 11.3 Å². The van der Waals surface area contributed by atoms with Gasteiger partial charge in [-0.1, -0.05) is 123 Å². The van der Waals surface area contributed by atoms with Crippen molar-refractivity contribution in [3.8, 4) is 22.9 Å². The third-order valence-electron chi connectivity index (χ3n) is 8.06. The van der Waals surface area contributed by atoms with E-state index < -0.39 is 0 Å². The second-order valence-electron chi connectivity index (χ2n) is 13.1. The molecule has 0 fully saturated rings. The third-order valence-corrected chi connectivity index (χ3v) is 8.42. The third kappa shape index (κ3) is 9.99. The molecule has 46 heavy (non-hydrogen) atoms. The molecule has 0 radical (unpaired) electrons. The predicted molar refractivity (Wildman–Crippen MR) is 189 cm³/mol. The van der Waals surface area contributed by atoms with E-state index in [4.69, 9.17) is 21.1 Å². The van der Waals surface area contributed by atoms with Gasteiger partial charge in [0.1, 0.15) is 16.5 Å². The number of carbonyl (C=O) groups excluding carboxylic acids is 1. The summed E-state index contributed by atoms with van der Waals surface area (Å²) in [5.74, 6) is 1.58. The zero-order valence-corrected chi connectivity index (χ0v) is 29.1. The number of halogens is 1. The molecule has 0 aliphatic carbocycles. The first-order valence-electron chi connectivity index (χ1n) is 17.2. The lowest BCUT2D eigenvalue weighted by Crippen LogP contribution is -2.14. The number of aromatic nitrogens is 4. The Bertz CT molecular complexity index is 1500. The van der Waals surface area contributed by atoms with Crippen LogP contribution in [0.4, 0.5) is 5.69 Å². The van der Waals surface area contributed by atoms with E-state index >= 15 is 0 Å². The van der Waals surface area contributed by atoms with Crippen molar-refractivity contribution in [2.45, 2.75) is 117 Å². The van der Waals surface area contributed by atoms with Crippen molar-refractivity contribution in [1.29, 1.82) is 0 Å². The molecule has 8 nitrogen and oxygen atoms in total. The largest absolute Gasteiger partial charge is 0.493 e. The number of hydrogen-bond donors (Lipinski definition) is 2. The Labute approximate surface area is 279 Å². The molecule has 250 valence electrons. The Morgan fingerprint density at radius 2 is 1.39 bits per heavy atom. The van der Waals surface area contributed by atoms with Gasteiger partial charge in [0.2, 0.25) is 0 Å². The summed E-state index contributed by atoms with van der Waals surface area (Å²) in [5.41, 5.74) is 2.98. The first kappa shape index (κ1) is 35.3. The summed E-state index contributed by atoms with van der Waals surface area (Å²) in [5, 5.41) is 12.9. The van der Waals surface area contributed by atoms with Crippen molar-refractivity contribution >= 4 is 28.8 Å². The van der Waals surface area contributed by atoms with Crippen molar-refractivity contribution in [3.05, 3.63) is 58.7 Å². The van der Waals surface area contributed by atoms with Gasteiger partial charge in [0, 0.05) is 22.6 Å². The minimum atomic E-state index is -0.258. The van der Waals surface area contributed by atoms with Gasteiger partial charge in [-0.25, -0.2) is 0 Å². The van der Waals surface area contributed by atoms with Crippen LogP contribution in [0.2, 0.25) is 5.02 Å². The summed E-state index contributed by atoms with van der Waals surface area (Å²) in [6.07, 6.45) is 14.2. The maximum absolute atomic E-state index is 13.7. The van der Waals surface area contributed by atoms with Gasteiger partial charge in [0.05, 0.1) is 24.6 Å². The lowest BCUT2D eigenvalue weighted by molar-refractivity contribution is 0.102. The summed E-state index contributed by atoms with van der Waals surface area (Å²) >= 11 is 6.68. The van der Waals surface area contributed by atoms with E-state index in [1.807, 2.05) is 30.3 Å². The number of amides is 1. The molecule has 0 atom stereocenters. The first-order valence-corrected chi connectivity index (χ1v) is 17.6. The number of carbonyl (C=O) groups is 1. The number of rotatable bonds is 19. The molecule has 0 saturated carbocycles. The number of anilines is 1. The normalized spacial score (nSPS) is 11.7. The van der Waals surface area contributed by atoms with E-state index in [9.17, 15) is 4.79 Å². The maximum Gasteiger partial charge on any atom is 0.255 e. The highest BCUT2D eigenvalue weighted by atomic mass is 35.5. The zero-order chi connectivity index (χ0) is 32.9. The van der Waals surface area contributed by atoms with E-state index in [0.717, 1.165) is 36.9 Å². The molecule has 2 heterocycles. The second kappa shape index (κ2) is 17.4. The Hall–Kier alpha value is -3.52. The van der Waals surface area contributed by atoms with Gasteiger partial charge in [-0.2, -0.15) is 5.10 Å². The predicted octanol–water partition coefficient (Wildman–Crippen LogP) is 10.4. The van der Waals surface area contributed by atoms with Crippen LogP contribution < -0.4 is 14.8 Å². The van der Waals surface area contributed by atoms with Crippen LogP contribution in [0.25, 0.3) is 17.0 Å². The lowest BCUT2D eigenvalue weighted by Gasteiger charge is -2.15. The number of aromatic amines is 1. The molecule has 0 spiro atoms. The molecule has 2 aromatic carbocycles. The summed E-state index contributed by atoms with van der Waals surface area (Å²) in [6.45, 7) is 11.9. The minimum Gasteiger partial charge on any atom is -0.493 e. The van der Waals surface area contributed by atoms with Gasteiger partial charge < -0.3 is 19.8 Å². The van der Waals surface area contributed by atoms with Crippen LogP contribution in [-0.4, -0.2) is 38.9 Å². The molecule has 0 aliphatic heterocycles. The highest BCUT2D eigenvalue weighted by molar-refractivity contribution is 6.34. The highest BCUT2D eigenvalue weighted by Crippen LogP contribution is 2.33. The Balaban J connectivity index is 1.48. The van der Waals surface area contributed by atoms with Crippen LogP contribution in [-0.2, 0) is 5.41 Å². The standard InChI is InChI=1S/C37H52ClN5O3/c1-6-8-10-12-14-18-22-45-28-24-27(25-29(26-28)46-23-19-15-13-11-9-7-2)36(44)39-31-21-17-16-20-30(31)34-40-35-32(38)33(37(3,4)5)41-43(35)42-34/h16-17,20-21,24-26H,6-15,18-19,22-23H2,1-5H3,(H,39,44)(H,40,42). The van der Waals surface area contributed by atoms with Crippen LogP contribution >= 0.6 is 11.6 Å². The molecule has 1 amide bonds. The zero-order valence-electron chi connectivity index (χ0n) is 28.4. The van der Waals surface area contributed by atoms with E-state index in [2.05, 4.69) is 55.1 Å². The molecule has 4 rings (SSSR count). The van der Waals surface area contributed by atoms with Crippen molar-refractivity contribution < 1.29 is 14.3 Å². The molecule has 0 unspecified atom stereocenters. The van der Waals surface area contributed by atoms with Crippen LogP contribution in [0.1, 0.15) is 128 Å². The van der Waals surface area contributed by atoms with Gasteiger partial charge in [-0.3, -0.25) is 4.79 Å². The van der Waals surface area contributed by atoms with E-state index in [1.165, 1.54) is 56.0 Å². The molecule has 2 N–H and O–H groups in total. The molecule has 9 heteroatoms. The van der Waals surface area contributed by atoms with Gasteiger partial charge in [0.25, 0.3) is 5.91 Å². The Morgan fingerprint density at radius 3 is 1.96 bits per heavy atom. The molecular weight excluding hydrogens is 598 g/mol. The SMILES string of the molecule is CCCCCCCCOc1cc(OCCCCCCCC)cc(C(=O)Nc2ccccc2-c2nn3nc(C(C)(C)C)c(Cl)c3[nH]2)c1. The van der Waals surface area contributed by atoms with Crippen molar-refractivity contribution in [2.75, 3.05) is 18.5 Å². The Morgan fingerprint density at radius 1 is 0.826 bits per heavy atom. The summed E-state index contributed by atoms with van der Waals surface area (Å²) in [7, 11) is 0. The number of H-pyrrole nitrogens is 1. The first-order chi connectivity index (χ1) is 22.2. The fourth-order valence-corrected chi connectivity index (χ4v) is 5.85. The molecule has 0 aliphatic rings. The Kier molecular flexibility index (Phi) is 13.4. The number of nitrogens with zero attached hydrogens (tertiary/aromatic N) is 3. The topological polar surface area (TPSA) is 93.5 Å².